The summed E-state index contributed by atoms with van der Waals surface area (Å²) in [5.74, 6) is -1.01. The summed E-state index contributed by atoms with van der Waals surface area (Å²) in [7, 11) is 3.80. The van der Waals surface area contributed by atoms with Crippen molar-refractivity contribution >= 4 is 29.1 Å². The minimum absolute atomic E-state index is 0.0382. The van der Waals surface area contributed by atoms with E-state index in [4.69, 9.17) is 16.3 Å². The highest BCUT2D eigenvalue weighted by Crippen LogP contribution is 2.40. The average Bonchev–Trinajstić information content (AvgIpc) is 3.11. The number of likely N-dealkylation sites (N-methyl/N-ethyl adjacent to an activating group) is 1. The molecule has 35 heavy (non-hydrogen) atoms. The number of halogens is 1. The molecule has 0 saturated carbocycles. The van der Waals surface area contributed by atoms with E-state index >= 15 is 0 Å². The zero-order chi connectivity index (χ0) is 24.9. The summed E-state index contributed by atoms with van der Waals surface area (Å²) in [6, 6.07) is 22.9. The third-order valence-corrected chi connectivity index (χ3v) is 6.08. The highest BCUT2D eigenvalue weighted by Gasteiger charge is 2.46. The number of hydrogen-bond donors (Lipinski definition) is 1. The van der Waals surface area contributed by atoms with E-state index in [-0.39, 0.29) is 11.3 Å². The number of nitrogens with zero attached hydrogens (tertiary/aromatic N) is 2. The van der Waals surface area contributed by atoms with E-state index in [1.165, 1.54) is 4.90 Å². The Bertz CT molecular complexity index is 1260. The second kappa shape index (κ2) is 10.8. The van der Waals surface area contributed by atoms with Crippen molar-refractivity contribution in [2.75, 3.05) is 27.2 Å². The molecule has 1 saturated heterocycles. The molecular weight excluding hydrogens is 464 g/mol. The summed E-state index contributed by atoms with van der Waals surface area (Å²) in [6.07, 6.45) is 0. The Balaban J connectivity index is 1.74. The number of ether oxygens (including phenoxy) is 1. The second-order valence-corrected chi connectivity index (χ2v) is 9.09. The van der Waals surface area contributed by atoms with Gasteiger partial charge in [0.1, 0.15) is 18.1 Å². The van der Waals surface area contributed by atoms with Crippen LogP contribution in [0.3, 0.4) is 0 Å². The van der Waals surface area contributed by atoms with E-state index in [0.717, 1.165) is 5.56 Å². The molecule has 0 bridgehead atoms. The number of amides is 1. The number of benzene rings is 3. The van der Waals surface area contributed by atoms with Crippen molar-refractivity contribution in [3.05, 3.63) is 106 Å². The Morgan fingerprint density at radius 2 is 1.74 bits per heavy atom. The SMILES string of the molecule is CN(C)CCN1C(=O)C(=O)/C(=C(\O)c2cccc(Cl)c2)C1c1cccc(OCc2ccccc2)c1. The fourth-order valence-electron chi connectivity index (χ4n) is 4.07. The van der Waals surface area contributed by atoms with Gasteiger partial charge < -0.3 is 19.6 Å². The quantitative estimate of drug-likeness (QED) is 0.276. The summed E-state index contributed by atoms with van der Waals surface area (Å²) in [5, 5.41) is 11.6. The first kappa shape index (κ1) is 24.5. The number of rotatable bonds is 8. The molecule has 1 aliphatic rings. The van der Waals surface area contributed by atoms with Gasteiger partial charge in [-0.25, -0.2) is 0 Å². The van der Waals surface area contributed by atoms with Crippen LogP contribution in [0.5, 0.6) is 5.75 Å². The lowest BCUT2D eigenvalue weighted by molar-refractivity contribution is -0.140. The monoisotopic (exact) mass is 490 g/mol. The molecule has 0 spiro atoms. The van der Waals surface area contributed by atoms with Crippen LogP contribution in [0.15, 0.2) is 84.4 Å². The van der Waals surface area contributed by atoms with Crippen molar-refractivity contribution in [3.8, 4) is 5.75 Å². The van der Waals surface area contributed by atoms with Crippen LogP contribution in [-0.4, -0.2) is 53.8 Å². The number of ketones is 1. The minimum Gasteiger partial charge on any atom is -0.507 e. The van der Waals surface area contributed by atoms with Crippen molar-refractivity contribution in [2.24, 2.45) is 0 Å². The fourth-order valence-corrected chi connectivity index (χ4v) is 4.26. The molecular formula is C28H27ClN2O4. The standard InChI is InChI=1S/C28H27ClN2O4/c1-30(2)14-15-31-25(20-10-7-13-23(17-20)35-18-19-8-4-3-5-9-19)24(27(33)28(31)34)26(32)21-11-6-12-22(29)16-21/h3-13,16-17,25,32H,14-15,18H2,1-2H3/b26-24-. The number of Topliss-reactive ketones (excluding diaryl/α,β-unsaturated/α-hetero) is 1. The third-order valence-electron chi connectivity index (χ3n) is 5.85. The Morgan fingerprint density at radius 1 is 1.00 bits per heavy atom. The van der Waals surface area contributed by atoms with E-state index in [1.54, 1.807) is 24.3 Å². The zero-order valence-electron chi connectivity index (χ0n) is 19.6. The molecule has 0 aliphatic carbocycles. The van der Waals surface area contributed by atoms with Gasteiger partial charge in [0.05, 0.1) is 11.6 Å². The first-order valence-electron chi connectivity index (χ1n) is 11.3. The minimum atomic E-state index is -0.755. The molecule has 1 N–H and O–H groups in total. The lowest BCUT2D eigenvalue weighted by atomic mass is 9.95. The third kappa shape index (κ3) is 5.56. The van der Waals surface area contributed by atoms with Gasteiger partial charge in [-0.05, 0) is 49.5 Å². The number of hydrogen-bond acceptors (Lipinski definition) is 5. The molecule has 3 aromatic carbocycles. The summed E-state index contributed by atoms with van der Waals surface area (Å²) in [6.45, 7) is 1.27. The highest BCUT2D eigenvalue weighted by molar-refractivity contribution is 6.46. The molecule has 1 amide bonds. The van der Waals surface area contributed by atoms with Gasteiger partial charge in [0.15, 0.2) is 0 Å². The lowest BCUT2D eigenvalue weighted by Gasteiger charge is -2.27. The normalized spacial score (nSPS) is 17.3. The van der Waals surface area contributed by atoms with E-state index in [0.29, 0.717) is 41.6 Å². The lowest BCUT2D eigenvalue weighted by Crippen LogP contribution is -2.35. The first-order chi connectivity index (χ1) is 16.8. The van der Waals surface area contributed by atoms with Crippen LogP contribution in [-0.2, 0) is 16.2 Å². The Hall–Kier alpha value is -3.61. The maximum atomic E-state index is 13.2. The molecule has 1 aliphatic heterocycles. The number of likely N-dealkylation sites (tertiary alicyclic amines) is 1. The van der Waals surface area contributed by atoms with Crippen molar-refractivity contribution in [1.82, 2.24) is 9.80 Å². The predicted molar refractivity (Wildman–Crippen MR) is 136 cm³/mol. The molecule has 1 fully saturated rings. The van der Waals surface area contributed by atoms with Gasteiger partial charge in [-0.3, -0.25) is 9.59 Å². The molecule has 1 heterocycles. The van der Waals surface area contributed by atoms with E-state index in [9.17, 15) is 14.7 Å². The molecule has 1 atom stereocenters. The number of carbonyl (C=O) groups excluding carboxylic acids is 2. The highest BCUT2D eigenvalue weighted by atomic mass is 35.5. The van der Waals surface area contributed by atoms with Gasteiger partial charge in [-0.15, -0.1) is 0 Å². The van der Waals surface area contributed by atoms with Gasteiger partial charge in [0, 0.05) is 23.7 Å². The fraction of sp³-hybridized carbons (Fsp3) is 0.214. The van der Waals surface area contributed by atoms with Crippen LogP contribution < -0.4 is 4.74 Å². The maximum Gasteiger partial charge on any atom is 0.295 e. The van der Waals surface area contributed by atoms with Crippen LogP contribution in [0, 0.1) is 0 Å². The Kier molecular flexibility index (Phi) is 7.54. The summed E-state index contributed by atoms with van der Waals surface area (Å²) in [5.41, 5.74) is 2.12. The van der Waals surface area contributed by atoms with Crippen LogP contribution >= 0.6 is 11.6 Å². The molecule has 6 nitrogen and oxygen atoms in total. The molecule has 0 radical (unpaired) electrons. The summed E-state index contributed by atoms with van der Waals surface area (Å²) in [4.78, 5) is 29.7. The van der Waals surface area contributed by atoms with E-state index < -0.39 is 17.7 Å². The van der Waals surface area contributed by atoms with Gasteiger partial charge in [-0.2, -0.15) is 0 Å². The van der Waals surface area contributed by atoms with Crippen LogP contribution in [0.4, 0.5) is 0 Å². The first-order valence-corrected chi connectivity index (χ1v) is 11.7. The molecule has 1 unspecified atom stereocenters. The Labute approximate surface area is 210 Å². The van der Waals surface area contributed by atoms with Gasteiger partial charge in [0.25, 0.3) is 11.7 Å². The van der Waals surface area contributed by atoms with Crippen molar-refractivity contribution < 1.29 is 19.4 Å². The van der Waals surface area contributed by atoms with Crippen LogP contribution in [0.2, 0.25) is 5.02 Å². The molecule has 3 aromatic rings. The van der Waals surface area contributed by atoms with Crippen molar-refractivity contribution in [2.45, 2.75) is 12.6 Å². The number of carbonyl (C=O) groups is 2. The van der Waals surface area contributed by atoms with Crippen molar-refractivity contribution in [1.29, 1.82) is 0 Å². The molecule has 4 rings (SSSR count). The Morgan fingerprint density at radius 3 is 2.46 bits per heavy atom. The zero-order valence-corrected chi connectivity index (χ0v) is 20.4. The van der Waals surface area contributed by atoms with Gasteiger partial charge >= 0.3 is 0 Å². The summed E-state index contributed by atoms with van der Waals surface area (Å²) < 4.78 is 5.98. The number of aliphatic hydroxyl groups is 1. The van der Waals surface area contributed by atoms with Gasteiger partial charge in [0.2, 0.25) is 0 Å². The van der Waals surface area contributed by atoms with Gasteiger partial charge in [-0.1, -0.05) is 66.2 Å². The second-order valence-electron chi connectivity index (χ2n) is 8.65. The van der Waals surface area contributed by atoms with Crippen molar-refractivity contribution in [3.63, 3.8) is 0 Å². The van der Waals surface area contributed by atoms with E-state index in [1.807, 2.05) is 73.6 Å². The molecule has 7 heteroatoms. The molecule has 180 valence electrons. The smallest absolute Gasteiger partial charge is 0.295 e. The largest absolute Gasteiger partial charge is 0.507 e. The average molecular weight is 491 g/mol. The molecule has 0 aromatic heterocycles. The van der Waals surface area contributed by atoms with Crippen LogP contribution in [0.25, 0.3) is 5.76 Å². The van der Waals surface area contributed by atoms with Crippen LogP contribution in [0.1, 0.15) is 22.7 Å². The summed E-state index contributed by atoms with van der Waals surface area (Å²) >= 11 is 6.12. The maximum absolute atomic E-state index is 13.2. The number of aliphatic hydroxyl groups excluding tert-OH is 1. The predicted octanol–water partition coefficient (Wildman–Crippen LogP) is 4.90. The van der Waals surface area contributed by atoms with E-state index in [2.05, 4.69) is 0 Å². The topological polar surface area (TPSA) is 70.1 Å².